The zero-order valence-electron chi connectivity index (χ0n) is 9.73. The van der Waals surface area contributed by atoms with Gasteiger partial charge >= 0.3 is 0 Å². The second kappa shape index (κ2) is 6.59. The quantitative estimate of drug-likeness (QED) is 0.487. The predicted molar refractivity (Wildman–Crippen MR) is 54.9 cm³/mol. The van der Waals surface area contributed by atoms with E-state index in [1.807, 2.05) is 0 Å². The summed E-state index contributed by atoms with van der Waals surface area (Å²) in [7, 11) is 1.40. The Morgan fingerprint density at radius 1 is 1.29 bits per heavy atom. The van der Waals surface area contributed by atoms with Crippen molar-refractivity contribution in [1.29, 1.82) is 0 Å². The van der Waals surface area contributed by atoms with E-state index in [0.717, 1.165) is 6.54 Å². The van der Waals surface area contributed by atoms with Crippen molar-refractivity contribution in [1.82, 2.24) is 4.90 Å². The Morgan fingerprint density at radius 2 is 1.79 bits per heavy atom. The fraction of sp³-hybridized carbons (Fsp3) is 1.00. The summed E-state index contributed by atoms with van der Waals surface area (Å²) in [6, 6.07) is 0.912. The van der Waals surface area contributed by atoms with Crippen LogP contribution in [0.15, 0.2) is 5.11 Å². The molecule has 14 heavy (non-hydrogen) atoms. The molecular formula is C9H21N3O2. The molecule has 5 heteroatoms. The van der Waals surface area contributed by atoms with Crippen LogP contribution in [-0.2, 0) is 4.84 Å². The van der Waals surface area contributed by atoms with E-state index in [1.54, 1.807) is 0 Å². The second-order valence-electron chi connectivity index (χ2n) is 3.70. The maximum atomic E-state index is 10.6. The van der Waals surface area contributed by atoms with Crippen LogP contribution in [0.1, 0.15) is 27.7 Å². The molecule has 0 radical (unpaired) electrons. The highest BCUT2D eigenvalue weighted by Crippen LogP contribution is 2.03. The lowest BCUT2D eigenvalue weighted by atomic mass is 10.2. The summed E-state index contributed by atoms with van der Waals surface area (Å²) in [6.07, 6.45) is 0. The number of rotatable bonds is 6. The van der Waals surface area contributed by atoms with E-state index in [2.05, 4.69) is 37.7 Å². The number of hydrogen-bond acceptors (Lipinski definition) is 4. The minimum Gasteiger partial charge on any atom is -0.379 e. The molecule has 0 atom stereocenters. The highest BCUT2D eigenvalue weighted by atomic mass is 16.9. The number of nitrogens with zero attached hydrogens (tertiary/aromatic N) is 3. The van der Waals surface area contributed by atoms with Gasteiger partial charge in [-0.3, -0.25) is 4.90 Å². The van der Waals surface area contributed by atoms with Crippen molar-refractivity contribution >= 4 is 0 Å². The Morgan fingerprint density at radius 3 is 2.14 bits per heavy atom. The van der Waals surface area contributed by atoms with E-state index in [9.17, 15) is 5.21 Å². The molecule has 0 bridgehead atoms. The first kappa shape index (κ1) is 13.2. The molecule has 0 saturated heterocycles. The zero-order valence-corrected chi connectivity index (χ0v) is 9.73. The average molecular weight is 203 g/mol. The van der Waals surface area contributed by atoms with E-state index in [0.29, 0.717) is 18.7 Å². The summed E-state index contributed by atoms with van der Waals surface area (Å²) in [4.78, 5) is 7.04. The van der Waals surface area contributed by atoms with Gasteiger partial charge in [-0.2, -0.15) is 0 Å². The maximum absolute atomic E-state index is 10.6. The minimum absolute atomic E-state index is 0.249. The first-order valence-corrected chi connectivity index (χ1v) is 4.94. The molecule has 0 fully saturated rings. The van der Waals surface area contributed by atoms with Crippen LogP contribution in [0.2, 0.25) is 0 Å². The first-order valence-electron chi connectivity index (χ1n) is 4.94. The van der Waals surface area contributed by atoms with Gasteiger partial charge < -0.3 is 4.84 Å². The highest BCUT2D eigenvalue weighted by molar-refractivity contribution is 4.66. The molecule has 0 aromatic carbocycles. The summed E-state index contributed by atoms with van der Waals surface area (Å²) in [5.41, 5.74) is 0. The fourth-order valence-electron chi connectivity index (χ4n) is 1.39. The van der Waals surface area contributed by atoms with Gasteiger partial charge in [0, 0.05) is 23.7 Å². The smallest absolute Gasteiger partial charge is 0.168 e. The third-order valence-corrected chi connectivity index (χ3v) is 2.04. The van der Waals surface area contributed by atoms with Crippen molar-refractivity contribution in [3.63, 3.8) is 0 Å². The highest BCUT2D eigenvalue weighted by Gasteiger charge is 2.12. The molecule has 0 aliphatic heterocycles. The third kappa shape index (κ3) is 5.01. The Kier molecular flexibility index (Phi) is 6.19. The Labute approximate surface area is 85.9 Å². The summed E-state index contributed by atoms with van der Waals surface area (Å²) in [5.74, 6) is 0. The Bertz CT molecular complexity index is 173. The van der Waals surface area contributed by atoms with Crippen molar-refractivity contribution in [2.24, 2.45) is 5.11 Å². The lowest BCUT2D eigenvalue weighted by Gasteiger charge is -2.30. The van der Waals surface area contributed by atoms with Gasteiger partial charge in [-0.05, 0) is 27.7 Å². The van der Waals surface area contributed by atoms with E-state index < -0.39 is 0 Å². The number of hydrogen-bond donors (Lipinski definition) is 0. The van der Waals surface area contributed by atoms with E-state index in [1.165, 1.54) is 7.05 Å². The topological polar surface area (TPSA) is 50.9 Å². The third-order valence-electron chi connectivity index (χ3n) is 2.04. The zero-order chi connectivity index (χ0) is 11.1. The minimum atomic E-state index is 0.249. The molecule has 0 saturated carbocycles. The van der Waals surface area contributed by atoms with E-state index in [-0.39, 0.29) is 5.02 Å². The van der Waals surface area contributed by atoms with Crippen molar-refractivity contribution in [2.75, 3.05) is 20.2 Å². The standard InChI is InChI=1S/C9H21N3O2/c1-8(2)11(9(3)4)6-7-14-12(13)10-5/h8-9H,6-7H2,1-5H3. The van der Waals surface area contributed by atoms with Crippen LogP contribution in [-0.4, -0.2) is 42.2 Å². The molecule has 0 heterocycles. The van der Waals surface area contributed by atoms with Gasteiger partial charge in [-0.25, -0.2) is 5.21 Å². The van der Waals surface area contributed by atoms with Crippen LogP contribution in [0.3, 0.4) is 0 Å². The molecule has 0 aromatic heterocycles. The van der Waals surface area contributed by atoms with Crippen molar-refractivity contribution in [2.45, 2.75) is 39.8 Å². The molecule has 84 valence electrons. The predicted octanol–water partition coefficient (Wildman–Crippen LogP) is 1.63. The van der Waals surface area contributed by atoms with Crippen LogP contribution in [0.25, 0.3) is 0 Å². The molecule has 0 amide bonds. The van der Waals surface area contributed by atoms with Crippen molar-refractivity contribution in [3.8, 4) is 0 Å². The van der Waals surface area contributed by atoms with Gasteiger partial charge in [0.25, 0.3) is 0 Å². The lowest BCUT2D eigenvalue weighted by molar-refractivity contribution is -0.789. The molecule has 0 aliphatic carbocycles. The normalized spacial score (nSPS) is 13.0. The molecule has 5 nitrogen and oxygen atoms in total. The Hall–Kier alpha value is -0.840. The van der Waals surface area contributed by atoms with E-state index >= 15 is 0 Å². The summed E-state index contributed by atoms with van der Waals surface area (Å²) < 4.78 is 0. The molecule has 0 aromatic rings. The van der Waals surface area contributed by atoms with Gasteiger partial charge in [0.1, 0.15) is 0 Å². The van der Waals surface area contributed by atoms with Crippen molar-refractivity contribution in [3.05, 3.63) is 5.21 Å². The summed E-state index contributed by atoms with van der Waals surface area (Å²) in [6.45, 7) is 9.61. The van der Waals surface area contributed by atoms with Crippen LogP contribution in [0.4, 0.5) is 0 Å². The van der Waals surface area contributed by atoms with Crippen LogP contribution in [0.5, 0.6) is 0 Å². The molecule has 0 N–H and O–H groups in total. The summed E-state index contributed by atoms with van der Waals surface area (Å²) in [5, 5.41) is 14.2. The van der Waals surface area contributed by atoms with Gasteiger partial charge in [0.15, 0.2) is 5.02 Å². The van der Waals surface area contributed by atoms with Gasteiger partial charge in [0.05, 0.1) is 13.7 Å². The molecular weight excluding hydrogens is 182 g/mol. The largest absolute Gasteiger partial charge is 0.379 e. The van der Waals surface area contributed by atoms with Gasteiger partial charge in [0.2, 0.25) is 0 Å². The molecule has 0 rings (SSSR count). The SMILES string of the molecule is CN=[N+]([O-])OCCN(C(C)C)C(C)C. The summed E-state index contributed by atoms with van der Waals surface area (Å²) >= 11 is 0. The second-order valence-corrected chi connectivity index (χ2v) is 3.70. The fourth-order valence-corrected chi connectivity index (χ4v) is 1.39. The van der Waals surface area contributed by atoms with Crippen LogP contribution < -0.4 is 0 Å². The Balaban J connectivity index is 3.84. The molecule has 0 unspecified atom stereocenters. The monoisotopic (exact) mass is 203 g/mol. The average Bonchev–Trinajstić information content (AvgIpc) is 2.10. The van der Waals surface area contributed by atoms with Gasteiger partial charge in [-0.15, -0.1) is 0 Å². The lowest BCUT2D eigenvalue weighted by Crippen LogP contribution is -2.39. The molecule has 0 aliphatic rings. The maximum Gasteiger partial charge on any atom is 0.168 e. The first-order chi connectivity index (χ1) is 6.49. The molecule has 0 spiro atoms. The van der Waals surface area contributed by atoms with Crippen LogP contribution in [0, 0.1) is 5.21 Å². The van der Waals surface area contributed by atoms with Crippen LogP contribution >= 0.6 is 0 Å². The van der Waals surface area contributed by atoms with E-state index in [4.69, 9.17) is 4.84 Å². The van der Waals surface area contributed by atoms with Crippen molar-refractivity contribution < 1.29 is 9.86 Å². The van der Waals surface area contributed by atoms with Gasteiger partial charge in [-0.1, -0.05) is 0 Å².